The molecular formula is C18H20O3S. The molecule has 2 aromatic rings. The zero-order valence-electron chi connectivity index (χ0n) is 12.5. The number of aliphatic hydroxyl groups excluding tert-OH is 1. The van der Waals surface area contributed by atoms with Crippen LogP contribution in [0.1, 0.15) is 18.6 Å². The summed E-state index contributed by atoms with van der Waals surface area (Å²) in [7, 11) is -3.51. The van der Waals surface area contributed by atoms with E-state index in [1.54, 1.807) is 49.4 Å². The van der Waals surface area contributed by atoms with Gasteiger partial charge in [0.15, 0.2) is 9.84 Å². The number of hydrogen-bond acceptors (Lipinski definition) is 3. The SMILES string of the molecule is C=C[C@@](C)(CS(=O)(=O)c1ccccc1)[C@@H](O)c1ccccc1. The van der Waals surface area contributed by atoms with Crippen LogP contribution in [0.3, 0.4) is 0 Å². The number of rotatable bonds is 6. The van der Waals surface area contributed by atoms with E-state index in [4.69, 9.17) is 0 Å². The van der Waals surface area contributed by atoms with E-state index in [1.165, 1.54) is 6.08 Å². The van der Waals surface area contributed by atoms with Crippen LogP contribution in [0.25, 0.3) is 0 Å². The minimum Gasteiger partial charge on any atom is -0.387 e. The lowest BCUT2D eigenvalue weighted by Crippen LogP contribution is -2.31. The van der Waals surface area contributed by atoms with Crippen LogP contribution >= 0.6 is 0 Å². The highest BCUT2D eigenvalue weighted by Crippen LogP contribution is 2.37. The van der Waals surface area contributed by atoms with Crippen LogP contribution in [0.4, 0.5) is 0 Å². The van der Waals surface area contributed by atoms with E-state index in [9.17, 15) is 13.5 Å². The lowest BCUT2D eigenvalue weighted by Gasteiger charge is -2.31. The van der Waals surface area contributed by atoms with Gasteiger partial charge in [-0.1, -0.05) is 61.5 Å². The van der Waals surface area contributed by atoms with Crippen LogP contribution in [-0.2, 0) is 9.84 Å². The molecule has 0 saturated heterocycles. The second-order valence-corrected chi connectivity index (χ2v) is 7.58. The number of aliphatic hydroxyl groups is 1. The van der Waals surface area contributed by atoms with E-state index >= 15 is 0 Å². The zero-order valence-corrected chi connectivity index (χ0v) is 13.3. The number of benzene rings is 2. The summed E-state index contributed by atoms with van der Waals surface area (Å²) in [4.78, 5) is 0.253. The molecule has 0 aliphatic carbocycles. The van der Waals surface area contributed by atoms with Crippen LogP contribution < -0.4 is 0 Å². The quantitative estimate of drug-likeness (QED) is 0.831. The molecule has 22 heavy (non-hydrogen) atoms. The predicted octanol–water partition coefficient (Wildman–Crippen LogP) is 3.39. The van der Waals surface area contributed by atoms with Crippen molar-refractivity contribution in [3.05, 3.63) is 78.9 Å². The second-order valence-electron chi connectivity index (χ2n) is 5.60. The molecule has 4 heteroatoms. The van der Waals surface area contributed by atoms with Gasteiger partial charge in [0.05, 0.1) is 16.8 Å². The molecule has 0 bridgehead atoms. The Hall–Kier alpha value is -1.91. The van der Waals surface area contributed by atoms with Crippen molar-refractivity contribution in [2.24, 2.45) is 5.41 Å². The Kier molecular flexibility index (Phi) is 4.84. The van der Waals surface area contributed by atoms with Gasteiger partial charge in [0.1, 0.15) is 0 Å². The van der Waals surface area contributed by atoms with Crippen molar-refractivity contribution in [3.8, 4) is 0 Å². The Morgan fingerprint density at radius 1 is 1.09 bits per heavy atom. The van der Waals surface area contributed by atoms with Crippen LogP contribution in [0.15, 0.2) is 78.2 Å². The fourth-order valence-electron chi connectivity index (χ4n) is 2.39. The highest BCUT2D eigenvalue weighted by atomic mass is 32.2. The largest absolute Gasteiger partial charge is 0.387 e. The molecule has 0 heterocycles. The minimum absolute atomic E-state index is 0.205. The topological polar surface area (TPSA) is 54.4 Å². The van der Waals surface area contributed by atoms with Crippen molar-refractivity contribution in [1.29, 1.82) is 0 Å². The first kappa shape index (κ1) is 16.5. The number of hydrogen-bond donors (Lipinski definition) is 1. The van der Waals surface area contributed by atoms with E-state index in [-0.39, 0.29) is 10.6 Å². The van der Waals surface area contributed by atoms with E-state index in [2.05, 4.69) is 6.58 Å². The molecule has 0 spiro atoms. The Balaban J connectivity index is 2.33. The van der Waals surface area contributed by atoms with Gasteiger partial charge >= 0.3 is 0 Å². The van der Waals surface area contributed by atoms with Crippen molar-refractivity contribution in [2.75, 3.05) is 5.75 Å². The van der Waals surface area contributed by atoms with E-state index in [1.807, 2.05) is 18.2 Å². The van der Waals surface area contributed by atoms with Crippen molar-refractivity contribution in [3.63, 3.8) is 0 Å². The smallest absolute Gasteiger partial charge is 0.179 e. The average Bonchev–Trinajstić information content (AvgIpc) is 2.55. The molecule has 0 fully saturated rings. The zero-order chi connectivity index (χ0) is 16.2. The standard InChI is InChI=1S/C18H20O3S/c1-3-18(2,17(19)15-10-6-4-7-11-15)14-22(20,21)16-12-8-5-9-13-16/h3-13,17,19H,1,14H2,2H3/t17-,18-/m0/s1. The summed E-state index contributed by atoms with van der Waals surface area (Å²) in [6.07, 6.45) is 0.579. The summed E-state index contributed by atoms with van der Waals surface area (Å²) < 4.78 is 25.2. The monoisotopic (exact) mass is 316 g/mol. The van der Waals surface area contributed by atoms with Crippen LogP contribution in [-0.4, -0.2) is 19.3 Å². The summed E-state index contributed by atoms with van der Waals surface area (Å²) in [5.74, 6) is -0.205. The van der Waals surface area contributed by atoms with Gasteiger partial charge in [0, 0.05) is 5.41 Å². The van der Waals surface area contributed by atoms with E-state index in [0.29, 0.717) is 5.56 Å². The molecule has 2 aromatic carbocycles. The van der Waals surface area contributed by atoms with Crippen molar-refractivity contribution in [1.82, 2.24) is 0 Å². The molecule has 2 rings (SSSR count). The summed E-state index contributed by atoms with van der Waals surface area (Å²) in [5, 5.41) is 10.6. The fraction of sp³-hybridized carbons (Fsp3) is 0.222. The van der Waals surface area contributed by atoms with Crippen LogP contribution in [0.5, 0.6) is 0 Å². The highest BCUT2D eigenvalue weighted by Gasteiger charge is 2.36. The Labute approximate surface area is 131 Å². The van der Waals surface area contributed by atoms with Gasteiger partial charge in [-0.15, -0.1) is 6.58 Å². The molecule has 2 atom stereocenters. The maximum atomic E-state index is 12.6. The molecule has 116 valence electrons. The van der Waals surface area contributed by atoms with Crippen molar-refractivity contribution >= 4 is 9.84 Å². The molecule has 3 nitrogen and oxygen atoms in total. The summed E-state index contributed by atoms with van der Waals surface area (Å²) in [6, 6.07) is 17.3. The molecule has 0 saturated carbocycles. The molecule has 0 aliphatic rings. The first-order chi connectivity index (χ1) is 10.4. The minimum atomic E-state index is -3.51. The Morgan fingerprint density at radius 2 is 1.59 bits per heavy atom. The normalized spacial score (nSPS) is 15.7. The lowest BCUT2D eigenvalue weighted by atomic mass is 9.82. The van der Waals surface area contributed by atoms with Gasteiger partial charge in [-0.2, -0.15) is 0 Å². The van der Waals surface area contributed by atoms with E-state index in [0.717, 1.165) is 0 Å². The van der Waals surface area contributed by atoms with Gasteiger partial charge in [-0.3, -0.25) is 0 Å². The molecule has 0 aromatic heterocycles. The maximum absolute atomic E-state index is 12.6. The van der Waals surface area contributed by atoms with E-state index < -0.39 is 21.4 Å². The first-order valence-electron chi connectivity index (χ1n) is 7.03. The third-order valence-corrected chi connectivity index (χ3v) is 5.80. The molecule has 0 radical (unpaired) electrons. The van der Waals surface area contributed by atoms with Crippen LogP contribution in [0.2, 0.25) is 0 Å². The van der Waals surface area contributed by atoms with Gasteiger partial charge in [-0.05, 0) is 17.7 Å². The summed E-state index contributed by atoms with van der Waals surface area (Å²) >= 11 is 0. The highest BCUT2D eigenvalue weighted by molar-refractivity contribution is 7.91. The predicted molar refractivity (Wildman–Crippen MR) is 88.2 cm³/mol. The first-order valence-corrected chi connectivity index (χ1v) is 8.69. The van der Waals surface area contributed by atoms with Gasteiger partial charge in [-0.25, -0.2) is 8.42 Å². The fourth-order valence-corrected chi connectivity index (χ4v) is 4.22. The van der Waals surface area contributed by atoms with Crippen LogP contribution in [0, 0.1) is 5.41 Å². The molecule has 0 amide bonds. The summed E-state index contributed by atoms with van der Waals surface area (Å²) in [6.45, 7) is 5.44. The maximum Gasteiger partial charge on any atom is 0.179 e. The molecule has 1 N–H and O–H groups in total. The third-order valence-electron chi connectivity index (χ3n) is 3.81. The molecular weight excluding hydrogens is 296 g/mol. The second kappa shape index (κ2) is 6.46. The molecule has 0 aliphatic heterocycles. The summed E-state index contributed by atoms with van der Waals surface area (Å²) in [5.41, 5.74) is -0.302. The number of sulfone groups is 1. The van der Waals surface area contributed by atoms with Crippen molar-refractivity contribution < 1.29 is 13.5 Å². The third kappa shape index (κ3) is 3.46. The van der Waals surface area contributed by atoms with Gasteiger partial charge in [0.25, 0.3) is 0 Å². The molecule has 0 unspecified atom stereocenters. The van der Waals surface area contributed by atoms with Gasteiger partial charge in [0.2, 0.25) is 0 Å². The Bertz CT molecular complexity index is 723. The average molecular weight is 316 g/mol. The van der Waals surface area contributed by atoms with Gasteiger partial charge < -0.3 is 5.11 Å². The Morgan fingerprint density at radius 3 is 2.09 bits per heavy atom. The van der Waals surface area contributed by atoms with Crippen molar-refractivity contribution in [2.45, 2.75) is 17.9 Å². The lowest BCUT2D eigenvalue weighted by molar-refractivity contribution is 0.0840.